The molecular formula is C16H16BrN3O. The maximum Gasteiger partial charge on any atom is 0.281 e. The largest absolute Gasteiger partial charge is 0.281 e. The molecule has 3 aromatic rings. The lowest BCUT2D eigenvalue weighted by molar-refractivity contribution is 0.594. The molecule has 0 unspecified atom stereocenters. The predicted molar refractivity (Wildman–Crippen MR) is 88.6 cm³/mol. The molecule has 0 aliphatic carbocycles. The van der Waals surface area contributed by atoms with E-state index in [9.17, 15) is 4.79 Å². The van der Waals surface area contributed by atoms with Gasteiger partial charge in [-0.15, -0.1) is 0 Å². The smallest absolute Gasteiger partial charge is 0.267 e. The van der Waals surface area contributed by atoms with Gasteiger partial charge in [-0.05, 0) is 37.6 Å². The van der Waals surface area contributed by atoms with Crippen molar-refractivity contribution < 1.29 is 0 Å². The van der Waals surface area contributed by atoms with Crippen LogP contribution in [0, 0.1) is 13.8 Å². The van der Waals surface area contributed by atoms with E-state index in [2.05, 4.69) is 20.9 Å². The molecule has 0 aliphatic heterocycles. The average molecular weight is 346 g/mol. The van der Waals surface area contributed by atoms with Crippen molar-refractivity contribution in [1.29, 1.82) is 0 Å². The zero-order chi connectivity index (χ0) is 15.0. The van der Waals surface area contributed by atoms with Crippen LogP contribution in [0.1, 0.15) is 11.3 Å². The van der Waals surface area contributed by atoms with Gasteiger partial charge in [0.15, 0.2) is 5.65 Å². The number of alkyl halides is 1. The number of halogens is 1. The van der Waals surface area contributed by atoms with Gasteiger partial charge in [0.05, 0.1) is 17.6 Å². The number of para-hydroxylation sites is 1. The van der Waals surface area contributed by atoms with Gasteiger partial charge in [-0.2, -0.15) is 0 Å². The standard InChI is InChI=1S/C16H16BrN3O/c1-11-10-12(2)18-15-14(11)16(21)20(19(15)9-8-17)13-6-4-3-5-7-13/h3-7,10H,8-9H2,1-2H3. The van der Waals surface area contributed by atoms with Crippen LogP contribution in [0.3, 0.4) is 0 Å². The molecule has 0 aliphatic rings. The average Bonchev–Trinajstić information content (AvgIpc) is 2.73. The highest BCUT2D eigenvalue weighted by Gasteiger charge is 2.17. The fourth-order valence-electron chi connectivity index (χ4n) is 2.69. The number of hydrogen-bond donors (Lipinski definition) is 0. The zero-order valence-electron chi connectivity index (χ0n) is 12.0. The van der Waals surface area contributed by atoms with Crippen molar-refractivity contribution in [2.24, 2.45) is 0 Å². The summed E-state index contributed by atoms with van der Waals surface area (Å²) in [5.41, 5.74) is 3.50. The van der Waals surface area contributed by atoms with Gasteiger partial charge in [0.1, 0.15) is 0 Å². The second kappa shape index (κ2) is 5.48. The van der Waals surface area contributed by atoms with E-state index in [1.807, 2.05) is 54.9 Å². The molecule has 108 valence electrons. The Morgan fingerprint density at radius 1 is 1.19 bits per heavy atom. The van der Waals surface area contributed by atoms with E-state index in [1.165, 1.54) is 0 Å². The van der Waals surface area contributed by atoms with Crippen molar-refractivity contribution in [2.75, 3.05) is 5.33 Å². The fraction of sp³-hybridized carbons (Fsp3) is 0.250. The van der Waals surface area contributed by atoms with E-state index < -0.39 is 0 Å². The SMILES string of the molecule is Cc1cc(C)c2c(=O)n(-c3ccccc3)n(CCBr)c2n1. The minimum absolute atomic E-state index is 0.0119. The van der Waals surface area contributed by atoms with Gasteiger partial charge in [-0.3, -0.25) is 9.48 Å². The molecule has 0 bridgehead atoms. The maximum atomic E-state index is 12.8. The molecule has 5 heteroatoms. The second-order valence-electron chi connectivity index (χ2n) is 5.04. The summed E-state index contributed by atoms with van der Waals surface area (Å²) >= 11 is 3.46. The number of pyridine rings is 1. The number of aryl methyl sites for hydroxylation is 3. The van der Waals surface area contributed by atoms with Crippen LogP contribution in [0.15, 0.2) is 41.2 Å². The Morgan fingerprint density at radius 2 is 1.90 bits per heavy atom. The number of fused-ring (bicyclic) bond motifs is 1. The summed E-state index contributed by atoms with van der Waals surface area (Å²) < 4.78 is 3.66. The van der Waals surface area contributed by atoms with Gasteiger partial charge < -0.3 is 0 Å². The first-order valence-corrected chi connectivity index (χ1v) is 7.97. The Balaban J connectivity index is 2.44. The maximum absolute atomic E-state index is 12.8. The van der Waals surface area contributed by atoms with Gasteiger partial charge in [0.25, 0.3) is 5.56 Å². The summed E-state index contributed by atoms with van der Waals surface area (Å²) in [4.78, 5) is 17.4. The topological polar surface area (TPSA) is 39.8 Å². The van der Waals surface area contributed by atoms with Crippen molar-refractivity contribution in [2.45, 2.75) is 20.4 Å². The molecule has 0 fully saturated rings. The Kier molecular flexibility index (Phi) is 3.68. The highest BCUT2D eigenvalue weighted by Crippen LogP contribution is 2.18. The first kappa shape index (κ1) is 14.1. The molecule has 0 saturated carbocycles. The van der Waals surface area contributed by atoms with E-state index in [1.54, 1.807) is 4.68 Å². The van der Waals surface area contributed by atoms with Crippen molar-refractivity contribution in [1.82, 2.24) is 14.3 Å². The summed E-state index contributed by atoms with van der Waals surface area (Å²) in [5, 5.41) is 1.46. The van der Waals surface area contributed by atoms with E-state index >= 15 is 0 Å². The molecule has 4 nitrogen and oxygen atoms in total. The molecule has 0 N–H and O–H groups in total. The third-order valence-corrected chi connectivity index (χ3v) is 3.87. The summed E-state index contributed by atoms with van der Waals surface area (Å²) in [6.07, 6.45) is 0. The van der Waals surface area contributed by atoms with Crippen LogP contribution in [0.25, 0.3) is 16.7 Å². The quantitative estimate of drug-likeness (QED) is 0.684. The van der Waals surface area contributed by atoms with Crippen LogP contribution in [-0.2, 0) is 6.54 Å². The highest BCUT2D eigenvalue weighted by atomic mass is 79.9. The van der Waals surface area contributed by atoms with Gasteiger partial charge in [-0.1, -0.05) is 34.1 Å². The molecule has 0 spiro atoms. The molecule has 0 saturated heterocycles. The van der Waals surface area contributed by atoms with E-state index in [4.69, 9.17) is 0 Å². The Labute approximate surface area is 131 Å². The summed E-state index contributed by atoms with van der Waals surface area (Å²) in [5.74, 6) is 0. The third kappa shape index (κ3) is 2.31. The van der Waals surface area contributed by atoms with Crippen molar-refractivity contribution in [3.63, 3.8) is 0 Å². The molecule has 0 atom stereocenters. The molecule has 3 rings (SSSR count). The lowest BCUT2D eigenvalue weighted by Crippen LogP contribution is -2.21. The van der Waals surface area contributed by atoms with Crippen molar-refractivity contribution >= 4 is 27.0 Å². The summed E-state index contributed by atoms with van der Waals surface area (Å²) in [6.45, 7) is 4.60. The fourth-order valence-corrected chi connectivity index (χ4v) is 3.03. The predicted octanol–water partition coefficient (Wildman–Crippen LogP) is 3.20. The van der Waals surface area contributed by atoms with E-state index in [-0.39, 0.29) is 5.56 Å². The first-order valence-electron chi connectivity index (χ1n) is 6.84. The number of benzene rings is 1. The number of aromatic nitrogens is 3. The molecule has 1 aromatic carbocycles. The molecule has 2 heterocycles. The van der Waals surface area contributed by atoms with Gasteiger partial charge in [0, 0.05) is 11.0 Å². The van der Waals surface area contributed by atoms with Crippen LogP contribution < -0.4 is 5.56 Å². The summed E-state index contributed by atoms with van der Waals surface area (Å²) in [6, 6.07) is 11.6. The van der Waals surface area contributed by atoms with Crippen molar-refractivity contribution in [3.05, 3.63) is 58.0 Å². The molecule has 21 heavy (non-hydrogen) atoms. The third-order valence-electron chi connectivity index (χ3n) is 3.51. The van der Waals surface area contributed by atoms with Crippen LogP contribution in [0.4, 0.5) is 0 Å². The Hall–Kier alpha value is -1.88. The lowest BCUT2D eigenvalue weighted by atomic mass is 10.2. The number of rotatable bonds is 3. The van der Waals surface area contributed by atoms with E-state index in [0.29, 0.717) is 11.9 Å². The molecule has 0 amide bonds. The highest BCUT2D eigenvalue weighted by molar-refractivity contribution is 9.09. The monoisotopic (exact) mass is 345 g/mol. The molecule has 2 aromatic heterocycles. The second-order valence-corrected chi connectivity index (χ2v) is 5.84. The van der Waals surface area contributed by atoms with Crippen LogP contribution in [0.2, 0.25) is 0 Å². The lowest BCUT2D eigenvalue weighted by Gasteiger charge is -2.10. The first-order chi connectivity index (χ1) is 10.1. The van der Waals surface area contributed by atoms with E-state index in [0.717, 1.165) is 27.9 Å². The summed E-state index contributed by atoms with van der Waals surface area (Å²) in [7, 11) is 0. The van der Waals surface area contributed by atoms with Crippen LogP contribution in [-0.4, -0.2) is 19.7 Å². The minimum Gasteiger partial charge on any atom is -0.267 e. The van der Waals surface area contributed by atoms with Crippen molar-refractivity contribution in [3.8, 4) is 5.69 Å². The normalized spacial score (nSPS) is 11.2. The number of hydrogen-bond acceptors (Lipinski definition) is 2. The molecular weight excluding hydrogens is 330 g/mol. The molecule has 0 radical (unpaired) electrons. The van der Waals surface area contributed by atoms with Crippen LogP contribution >= 0.6 is 15.9 Å². The Morgan fingerprint density at radius 3 is 2.57 bits per heavy atom. The van der Waals surface area contributed by atoms with Gasteiger partial charge in [0.2, 0.25) is 0 Å². The number of nitrogens with zero attached hydrogens (tertiary/aromatic N) is 3. The minimum atomic E-state index is -0.0119. The zero-order valence-corrected chi connectivity index (χ0v) is 13.6. The van der Waals surface area contributed by atoms with Gasteiger partial charge >= 0.3 is 0 Å². The van der Waals surface area contributed by atoms with Crippen LogP contribution in [0.5, 0.6) is 0 Å². The van der Waals surface area contributed by atoms with Gasteiger partial charge in [-0.25, -0.2) is 9.67 Å². The Bertz CT molecular complexity index is 849.